The van der Waals surface area contributed by atoms with Gasteiger partial charge in [-0.1, -0.05) is 23.2 Å². The highest BCUT2D eigenvalue weighted by molar-refractivity contribution is 6.36. The molecule has 0 aromatic heterocycles. The molecule has 0 aliphatic carbocycles. The number of nitrogens with two attached hydrogens (primary N) is 2. The Balaban J connectivity index is 2.04. The van der Waals surface area contributed by atoms with Gasteiger partial charge >= 0.3 is 18.1 Å². The molecule has 2 rings (SSSR count). The zero-order chi connectivity index (χ0) is 27.0. The number of nitrogens with zero attached hydrogens (tertiary/aromatic N) is 1. The number of nitrogens with one attached hydrogen (secondary N) is 1. The van der Waals surface area contributed by atoms with E-state index in [9.17, 15) is 27.6 Å². The molecule has 1 aromatic rings. The molecule has 1 heterocycles. The molecule has 0 spiro atoms. The second kappa shape index (κ2) is 12.7. The van der Waals surface area contributed by atoms with Crippen molar-refractivity contribution in [3.05, 3.63) is 33.3 Å². The standard InChI is InChI=1S/C21H23Cl2F3N4O6/c1-10(31)30-15(4-2-3-5-29-20(27)28)19(33)35-9-34-18(32)13-7-11-6-12(22)8-14(23)16(11)36-17(13)21(24,25)26/h6-8,15,17H,2-5,9H2,1H3,(H,30,31)(H4,27,28,29)/t15-,17?/m0/s1. The van der Waals surface area contributed by atoms with Crippen molar-refractivity contribution in [3.63, 3.8) is 0 Å². The summed E-state index contributed by atoms with van der Waals surface area (Å²) in [6.07, 6.45) is -5.70. The Bertz CT molecular complexity index is 1060. The van der Waals surface area contributed by atoms with Crippen LogP contribution in [0, 0.1) is 0 Å². The van der Waals surface area contributed by atoms with Crippen LogP contribution in [-0.4, -0.2) is 55.5 Å². The lowest BCUT2D eigenvalue weighted by molar-refractivity contribution is -0.190. The fourth-order valence-corrected chi connectivity index (χ4v) is 3.69. The first-order valence-electron chi connectivity index (χ1n) is 10.4. The van der Waals surface area contributed by atoms with E-state index in [1.807, 2.05) is 0 Å². The number of hydrogen-bond donors (Lipinski definition) is 3. The van der Waals surface area contributed by atoms with E-state index in [1.54, 1.807) is 0 Å². The third kappa shape index (κ3) is 8.48. The molecule has 5 N–H and O–H groups in total. The topological polar surface area (TPSA) is 155 Å². The smallest absolute Gasteiger partial charge is 0.430 e. The monoisotopic (exact) mass is 554 g/mol. The summed E-state index contributed by atoms with van der Waals surface area (Å²) >= 11 is 11.8. The second-order valence-corrected chi connectivity index (χ2v) is 8.36. The Labute approximate surface area is 213 Å². The summed E-state index contributed by atoms with van der Waals surface area (Å²) in [7, 11) is 0. The van der Waals surface area contributed by atoms with E-state index in [1.165, 1.54) is 19.1 Å². The summed E-state index contributed by atoms with van der Waals surface area (Å²) in [5.74, 6) is -3.31. The quantitative estimate of drug-likeness (QED) is 0.131. The van der Waals surface area contributed by atoms with E-state index in [0.717, 1.165) is 6.08 Å². The molecule has 0 radical (unpaired) electrons. The van der Waals surface area contributed by atoms with E-state index in [0.29, 0.717) is 19.4 Å². The van der Waals surface area contributed by atoms with Crippen molar-refractivity contribution in [1.82, 2.24) is 5.32 Å². The van der Waals surface area contributed by atoms with Crippen LogP contribution in [0.5, 0.6) is 5.75 Å². The highest BCUT2D eigenvalue weighted by Gasteiger charge is 2.49. The zero-order valence-electron chi connectivity index (χ0n) is 18.9. The molecule has 0 saturated heterocycles. The summed E-state index contributed by atoms with van der Waals surface area (Å²) in [6, 6.07) is 1.36. The molecule has 0 fully saturated rings. The van der Waals surface area contributed by atoms with Crippen LogP contribution < -0.4 is 21.5 Å². The Hall–Kier alpha value is -3.19. The van der Waals surface area contributed by atoms with Crippen LogP contribution >= 0.6 is 23.2 Å². The maximum Gasteiger partial charge on any atom is 0.430 e. The van der Waals surface area contributed by atoms with Crippen LogP contribution in [0.25, 0.3) is 6.08 Å². The summed E-state index contributed by atoms with van der Waals surface area (Å²) in [5.41, 5.74) is 9.57. The third-order valence-corrected chi connectivity index (χ3v) is 5.15. The minimum Gasteiger partial charge on any atom is -0.474 e. The molecular weight excluding hydrogens is 532 g/mol. The Morgan fingerprint density at radius 2 is 1.89 bits per heavy atom. The zero-order valence-corrected chi connectivity index (χ0v) is 20.4. The van der Waals surface area contributed by atoms with Crippen molar-refractivity contribution in [1.29, 1.82) is 0 Å². The van der Waals surface area contributed by atoms with Gasteiger partial charge in [-0.3, -0.25) is 9.79 Å². The maximum atomic E-state index is 13.6. The Morgan fingerprint density at radius 1 is 1.19 bits per heavy atom. The number of alkyl halides is 3. The van der Waals surface area contributed by atoms with E-state index >= 15 is 0 Å². The van der Waals surface area contributed by atoms with Gasteiger partial charge in [0.2, 0.25) is 18.8 Å². The molecule has 10 nitrogen and oxygen atoms in total. The van der Waals surface area contributed by atoms with Gasteiger partial charge in [0.1, 0.15) is 11.8 Å². The average Bonchev–Trinajstić information content (AvgIpc) is 2.75. The van der Waals surface area contributed by atoms with E-state index in [-0.39, 0.29) is 33.7 Å². The van der Waals surface area contributed by atoms with Crippen molar-refractivity contribution in [3.8, 4) is 5.75 Å². The number of amides is 1. The minimum absolute atomic E-state index is 0.0309. The molecule has 0 bridgehead atoms. The number of fused-ring (bicyclic) bond motifs is 1. The highest BCUT2D eigenvalue weighted by Crippen LogP contribution is 2.42. The number of ether oxygens (including phenoxy) is 3. The van der Waals surface area contributed by atoms with E-state index in [2.05, 4.69) is 10.3 Å². The van der Waals surface area contributed by atoms with Crippen LogP contribution in [0.1, 0.15) is 31.7 Å². The largest absolute Gasteiger partial charge is 0.474 e. The summed E-state index contributed by atoms with van der Waals surface area (Å²) < 4.78 is 55.2. The lowest BCUT2D eigenvalue weighted by Crippen LogP contribution is -2.42. The van der Waals surface area contributed by atoms with Gasteiger partial charge in [0.05, 0.1) is 10.6 Å². The maximum absolute atomic E-state index is 13.6. The second-order valence-electron chi connectivity index (χ2n) is 7.51. The number of carbonyl (C=O) groups is 3. The number of carbonyl (C=O) groups excluding carboxylic acids is 3. The molecule has 1 aliphatic heterocycles. The molecule has 36 heavy (non-hydrogen) atoms. The van der Waals surface area contributed by atoms with Crippen LogP contribution in [-0.2, 0) is 23.9 Å². The van der Waals surface area contributed by atoms with Gasteiger partial charge < -0.3 is 31.0 Å². The molecule has 1 unspecified atom stereocenters. The van der Waals surface area contributed by atoms with Crippen molar-refractivity contribution in [2.24, 2.45) is 16.5 Å². The molecule has 15 heteroatoms. The predicted molar refractivity (Wildman–Crippen MR) is 124 cm³/mol. The lowest BCUT2D eigenvalue weighted by Gasteiger charge is -2.28. The fraction of sp³-hybridized carbons (Fsp3) is 0.429. The van der Waals surface area contributed by atoms with Crippen molar-refractivity contribution in [2.75, 3.05) is 13.3 Å². The molecular formula is C21H23Cl2F3N4O6. The van der Waals surface area contributed by atoms with Gasteiger partial charge in [0.15, 0.2) is 5.96 Å². The Morgan fingerprint density at radius 3 is 2.50 bits per heavy atom. The van der Waals surface area contributed by atoms with Crippen molar-refractivity contribution >= 4 is 53.1 Å². The first kappa shape index (κ1) is 29.0. The van der Waals surface area contributed by atoms with Gasteiger partial charge in [0.25, 0.3) is 0 Å². The van der Waals surface area contributed by atoms with Gasteiger partial charge in [0, 0.05) is 24.1 Å². The normalized spacial score (nSPS) is 15.5. The number of esters is 2. The minimum atomic E-state index is -4.99. The number of aliphatic imine (C=N–C) groups is 1. The molecule has 2 atom stereocenters. The highest BCUT2D eigenvalue weighted by atomic mass is 35.5. The number of benzene rings is 1. The molecule has 1 aromatic carbocycles. The molecule has 1 aliphatic rings. The Kier molecular flexibility index (Phi) is 10.2. The van der Waals surface area contributed by atoms with Gasteiger partial charge in [-0.15, -0.1) is 0 Å². The lowest BCUT2D eigenvalue weighted by atomic mass is 10.0. The first-order chi connectivity index (χ1) is 16.8. The number of unbranched alkanes of at least 4 members (excludes halogenated alkanes) is 1. The summed E-state index contributed by atoms with van der Waals surface area (Å²) in [5, 5.41) is 2.32. The van der Waals surface area contributed by atoms with Crippen molar-refractivity contribution < 1.29 is 41.8 Å². The van der Waals surface area contributed by atoms with Crippen LogP contribution in [0.4, 0.5) is 13.2 Å². The number of halogens is 5. The fourth-order valence-electron chi connectivity index (χ4n) is 3.13. The summed E-state index contributed by atoms with van der Waals surface area (Å²) in [6.45, 7) is 0.481. The molecule has 1 amide bonds. The first-order valence-corrected chi connectivity index (χ1v) is 11.2. The van der Waals surface area contributed by atoms with Crippen LogP contribution in [0.3, 0.4) is 0 Å². The van der Waals surface area contributed by atoms with Crippen LogP contribution in [0.15, 0.2) is 22.7 Å². The average molecular weight is 555 g/mol. The third-order valence-electron chi connectivity index (χ3n) is 4.65. The molecule has 198 valence electrons. The molecule has 0 saturated carbocycles. The number of hydrogen-bond acceptors (Lipinski definition) is 7. The van der Waals surface area contributed by atoms with Crippen LogP contribution in [0.2, 0.25) is 10.0 Å². The van der Waals surface area contributed by atoms with Gasteiger partial charge in [-0.05, 0) is 37.5 Å². The van der Waals surface area contributed by atoms with Gasteiger partial charge in [-0.25, -0.2) is 9.59 Å². The SMILES string of the molecule is CC(=O)N[C@@H](CCCCN=C(N)N)C(=O)OCOC(=O)C1=Cc2cc(Cl)cc(Cl)c2OC1C(F)(F)F. The number of rotatable bonds is 10. The predicted octanol–water partition coefficient (Wildman–Crippen LogP) is 2.69. The van der Waals surface area contributed by atoms with Gasteiger partial charge in [-0.2, -0.15) is 13.2 Å². The van der Waals surface area contributed by atoms with E-state index < -0.39 is 48.5 Å². The van der Waals surface area contributed by atoms with E-state index in [4.69, 9.17) is 48.9 Å². The summed E-state index contributed by atoms with van der Waals surface area (Å²) in [4.78, 5) is 39.9. The number of guanidine groups is 1. The van der Waals surface area contributed by atoms with Crippen molar-refractivity contribution in [2.45, 2.75) is 44.5 Å².